The van der Waals surface area contributed by atoms with Crippen molar-refractivity contribution in [2.75, 3.05) is 0 Å². The van der Waals surface area contributed by atoms with Gasteiger partial charge in [0, 0.05) is 11.0 Å². The van der Waals surface area contributed by atoms with Crippen LogP contribution in [0.25, 0.3) is 6.08 Å². The summed E-state index contributed by atoms with van der Waals surface area (Å²) in [5.41, 5.74) is 3.26. The lowest BCUT2D eigenvalue weighted by Crippen LogP contribution is -2.24. The lowest BCUT2D eigenvalue weighted by atomic mass is 9.99. The first-order valence-corrected chi connectivity index (χ1v) is 8.64. The molecule has 0 aliphatic heterocycles. The third-order valence-electron chi connectivity index (χ3n) is 3.72. The Morgan fingerprint density at radius 1 is 1.22 bits per heavy atom. The molecule has 0 spiro atoms. The summed E-state index contributed by atoms with van der Waals surface area (Å²) in [6.07, 6.45) is 3.31. The Morgan fingerprint density at radius 3 is 2.43 bits per heavy atom. The van der Waals surface area contributed by atoms with Gasteiger partial charge < -0.3 is 10.4 Å². The molecule has 0 fully saturated rings. The van der Waals surface area contributed by atoms with Crippen molar-refractivity contribution in [3.8, 4) is 0 Å². The van der Waals surface area contributed by atoms with E-state index in [1.54, 1.807) is 6.08 Å². The normalized spacial score (nSPS) is 12.7. The number of aliphatic hydroxyl groups is 1. The first kappa shape index (κ1) is 17.4. The van der Waals surface area contributed by atoms with E-state index >= 15 is 0 Å². The van der Waals surface area contributed by atoms with Crippen molar-refractivity contribution in [3.63, 3.8) is 0 Å². The number of carbonyl (C=O) groups is 1. The van der Waals surface area contributed by atoms with E-state index in [1.165, 1.54) is 23.0 Å². The van der Waals surface area contributed by atoms with Gasteiger partial charge >= 0.3 is 0 Å². The summed E-state index contributed by atoms with van der Waals surface area (Å²) in [5, 5.41) is 13.9. The fourth-order valence-corrected chi connectivity index (χ4v) is 3.03. The van der Waals surface area contributed by atoms with E-state index in [1.807, 2.05) is 18.4 Å². The molecule has 3 nitrogen and oxygen atoms in total. The number of carbonyl (C=O) groups excluding carboxylic acids is 1. The average molecular weight is 329 g/mol. The van der Waals surface area contributed by atoms with Gasteiger partial charge in [-0.05, 0) is 47.1 Å². The fraction of sp³-hybridized carbons (Fsp3) is 0.316. The Hall–Kier alpha value is -1.91. The van der Waals surface area contributed by atoms with Gasteiger partial charge in [0.2, 0.25) is 5.91 Å². The molecule has 2 rings (SSSR count). The standard InChI is InChI=1S/C19H23NO2S/c1-13(2)16-4-6-17(7-5-16)14(3)20-19(22)9-8-18-10-15(11-21)12-23-18/h4-10,12-14,21H,11H2,1-3H3,(H,20,22)/b9-8+. The van der Waals surface area contributed by atoms with Gasteiger partial charge in [-0.3, -0.25) is 4.79 Å². The van der Waals surface area contributed by atoms with Crippen molar-refractivity contribution in [2.45, 2.75) is 39.3 Å². The van der Waals surface area contributed by atoms with E-state index in [0.717, 1.165) is 16.0 Å². The molecule has 1 unspecified atom stereocenters. The fourth-order valence-electron chi connectivity index (χ4n) is 2.24. The zero-order valence-electron chi connectivity index (χ0n) is 13.7. The van der Waals surface area contributed by atoms with Crippen LogP contribution in [0.15, 0.2) is 41.8 Å². The number of hydrogen-bond acceptors (Lipinski definition) is 3. The molecule has 1 amide bonds. The molecule has 0 radical (unpaired) electrons. The summed E-state index contributed by atoms with van der Waals surface area (Å²) in [6.45, 7) is 6.33. The average Bonchev–Trinajstić information content (AvgIpc) is 3.01. The lowest BCUT2D eigenvalue weighted by Gasteiger charge is -2.14. The van der Waals surface area contributed by atoms with E-state index in [0.29, 0.717) is 5.92 Å². The monoisotopic (exact) mass is 329 g/mol. The van der Waals surface area contributed by atoms with E-state index < -0.39 is 0 Å². The summed E-state index contributed by atoms with van der Waals surface area (Å²) in [6, 6.07) is 10.2. The van der Waals surface area contributed by atoms with Crippen LogP contribution in [0.1, 0.15) is 54.3 Å². The van der Waals surface area contributed by atoms with Crippen molar-refractivity contribution in [1.29, 1.82) is 0 Å². The van der Waals surface area contributed by atoms with Crippen LogP contribution in [0.2, 0.25) is 0 Å². The van der Waals surface area contributed by atoms with Crippen molar-refractivity contribution >= 4 is 23.3 Å². The van der Waals surface area contributed by atoms with Gasteiger partial charge in [-0.15, -0.1) is 11.3 Å². The molecule has 0 saturated heterocycles. The second-order valence-electron chi connectivity index (χ2n) is 5.90. The van der Waals surface area contributed by atoms with Gasteiger partial charge in [-0.2, -0.15) is 0 Å². The summed E-state index contributed by atoms with van der Waals surface area (Å²) in [5.74, 6) is 0.385. The molecule has 1 aromatic heterocycles. The Morgan fingerprint density at radius 2 is 1.87 bits per heavy atom. The molecule has 1 aromatic carbocycles. The van der Waals surface area contributed by atoms with Crippen molar-refractivity contribution in [1.82, 2.24) is 5.32 Å². The molecule has 23 heavy (non-hydrogen) atoms. The topological polar surface area (TPSA) is 49.3 Å². The number of aliphatic hydroxyl groups excluding tert-OH is 1. The minimum atomic E-state index is -0.121. The second-order valence-corrected chi connectivity index (χ2v) is 6.84. The smallest absolute Gasteiger partial charge is 0.244 e. The van der Waals surface area contributed by atoms with Gasteiger partial charge in [0.1, 0.15) is 0 Å². The Bertz CT molecular complexity index is 671. The van der Waals surface area contributed by atoms with Crippen LogP contribution in [0.4, 0.5) is 0 Å². The van der Waals surface area contributed by atoms with E-state index in [4.69, 9.17) is 5.11 Å². The number of hydrogen-bond donors (Lipinski definition) is 2. The molecule has 1 atom stereocenters. The van der Waals surface area contributed by atoms with Crippen LogP contribution in [-0.4, -0.2) is 11.0 Å². The minimum Gasteiger partial charge on any atom is -0.392 e. The van der Waals surface area contributed by atoms with Gasteiger partial charge in [0.05, 0.1) is 12.6 Å². The quantitative estimate of drug-likeness (QED) is 0.778. The van der Waals surface area contributed by atoms with Crippen molar-refractivity contribution in [3.05, 3.63) is 63.4 Å². The highest BCUT2D eigenvalue weighted by Crippen LogP contribution is 2.19. The maximum atomic E-state index is 12.0. The van der Waals surface area contributed by atoms with Crippen LogP contribution in [0.5, 0.6) is 0 Å². The van der Waals surface area contributed by atoms with Crippen LogP contribution in [-0.2, 0) is 11.4 Å². The molecule has 0 aliphatic carbocycles. The van der Waals surface area contributed by atoms with Crippen LogP contribution in [0, 0.1) is 0 Å². The molecule has 2 aromatic rings. The summed E-state index contributed by atoms with van der Waals surface area (Å²) in [4.78, 5) is 13.0. The molecular weight excluding hydrogens is 306 g/mol. The van der Waals surface area contributed by atoms with E-state index in [9.17, 15) is 4.79 Å². The van der Waals surface area contributed by atoms with Gasteiger partial charge in [0.15, 0.2) is 0 Å². The molecule has 1 heterocycles. The summed E-state index contributed by atoms with van der Waals surface area (Å²) >= 11 is 1.51. The van der Waals surface area contributed by atoms with E-state index in [-0.39, 0.29) is 18.6 Å². The molecule has 4 heteroatoms. The molecular formula is C19H23NO2S. The number of rotatable bonds is 6. The number of benzene rings is 1. The highest BCUT2D eigenvalue weighted by atomic mass is 32.1. The SMILES string of the molecule is CC(C)c1ccc(C(C)NC(=O)/C=C/c2cc(CO)cs2)cc1. The largest absolute Gasteiger partial charge is 0.392 e. The van der Waals surface area contributed by atoms with E-state index in [2.05, 4.69) is 43.4 Å². The van der Waals surface area contributed by atoms with Gasteiger partial charge in [-0.1, -0.05) is 38.1 Å². The third-order valence-corrected chi connectivity index (χ3v) is 4.66. The van der Waals surface area contributed by atoms with Crippen molar-refractivity contribution < 1.29 is 9.90 Å². The second kappa shape index (κ2) is 8.09. The summed E-state index contributed by atoms with van der Waals surface area (Å²) < 4.78 is 0. The van der Waals surface area contributed by atoms with Gasteiger partial charge in [0.25, 0.3) is 0 Å². The molecule has 2 N–H and O–H groups in total. The predicted octanol–water partition coefficient (Wildman–Crippen LogP) is 4.25. The maximum Gasteiger partial charge on any atom is 0.244 e. The number of thiophene rings is 1. The third kappa shape index (κ3) is 5.05. The Kier molecular flexibility index (Phi) is 6.13. The van der Waals surface area contributed by atoms with Crippen LogP contribution < -0.4 is 5.32 Å². The maximum absolute atomic E-state index is 12.0. The minimum absolute atomic E-state index is 0.0277. The highest BCUT2D eigenvalue weighted by Gasteiger charge is 2.08. The Labute approximate surface area is 141 Å². The molecule has 0 saturated carbocycles. The predicted molar refractivity (Wildman–Crippen MR) is 96.4 cm³/mol. The Balaban J connectivity index is 1.93. The van der Waals surface area contributed by atoms with Crippen LogP contribution >= 0.6 is 11.3 Å². The zero-order valence-corrected chi connectivity index (χ0v) is 14.6. The number of amides is 1. The lowest BCUT2D eigenvalue weighted by molar-refractivity contribution is -0.117. The van der Waals surface area contributed by atoms with Crippen molar-refractivity contribution in [2.24, 2.45) is 0 Å². The first-order valence-electron chi connectivity index (χ1n) is 7.76. The highest BCUT2D eigenvalue weighted by molar-refractivity contribution is 7.11. The first-order chi connectivity index (χ1) is 11.0. The zero-order chi connectivity index (χ0) is 16.8. The molecule has 0 bridgehead atoms. The summed E-state index contributed by atoms with van der Waals surface area (Å²) in [7, 11) is 0. The molecule has 0 aliphatic rings. The van der Waals surface area contributed by atoms with Gasteiger partial charge in [-0.25, -0.2) is 0 Å². The van der Waals surface area contributed by atoms with Crippen LogP contribution in [0.3, 0.4) is 0 Å². The molecule has 122 valence electrons. The number of nitrogens with one attached hydrogen (secondary N) is 1.